The Morgan fingerprint density at radius 2 is 2.11 bits per heavy atom. The summed E-state index contributed by atoms with van der Waals surface area (Å²) in [6.45, 7) is 4.44. The fourth-order valence-electron chi connectivity index (χ4n) is 1.74. The SMILES string of the molecule is CC(C)N(CCCO)C(=O)c1cc(N)cc(Cl)c1. The van der Waals surface area contributed by atoms with Crippen molar-refractivity contribution in [3.05, 3.63) is 28.8 Å². The van der Waals surface area contributed by atoms with Gasteiger partial charge in [-0.3, -0.25) is 4.79 Å². The normalized spacial score (nSPS) is 10.7. The smallest absolute Gasteiger partial charge is 0.254 e. The van der Waals surface area contributed by atoms with E-state index in [2.05, 4.69) is 0 Å². The molecule has 1 rings (SSSR count). The van der Waals surface area contributed by atoms with Crippen molar-refractivity contribution < 1.29 is 9.90 Å². The summed E-state index contributed by atoms with van der Waals surface area (Å²) in [4.78, 5) is 14.0. The first-order valence-corrected chi connectivity index (χ1v) is 6.31. The summed E-state index contributed by atoms with van der Waals surface area (Å²) in [5, 5.41) is 9.31. The topological polar surface area (TPSA) is 66.6 Å². The van der Waals surface area contributed by atoms with E-state index in [4.69, 9.17) is 22.4 Å². The third-order valence-electron chi connectivity index (χ3n) is 2.61. The molecule has 0 aromatic heterocycles. The number of amides is 1. The monoisotopic (exact) mass is 270 g/mol. The number of anilines is 1. The first-order valence-electron chi connectivity index (χ1n) is 5.93. The molecule has 0 aliphatic rings. The van der Waals surface area contributed by atoms with Crippen LogP contribution in [0.4, 0.5) is 5.69 Å². The van der Waals surface area contributed by atoms with Gasteiger partial charge in [-0.05, 0) is 38.5 Å². The van der Waals surface area contributed by atoms with Crippen LogP contribution >= 0.6 is 11.6 Å². The Kier molecular flexibility index (Phi) is 5.44. The molecule has 0 aliphatic carbocycles. The van der Waals surface area contributed by atoms with Crippen LogP contribution in [-0.2, 0) is 0 Å². The molecule has 1 aromatic rings. The fraction of sp³-hybridized carbons (Fsp3) is 0.462. The minimum absolute atomic E-state index is 0.0595. The fourth-order valence-corrected chi connectivity index (χ4v) is 1.98. The molecule has 18 heavy (non-hydrogen) atoms. The van der Waals surface area contributed by atoms with Crippen molar-refractivity contribution in [2.45, 2.75) is 26.3 Å². The molecule has 0 atom stereocenters. The molecule has 0 aliphatic heterocycles. The highest BCUT2D eigenvalue weighted by molar-refractivity contribution is 6.31. The number of carbonyl (C=O) groups is 1. The number of halogens is 1. The summed E-state index contributed by atoms with van der Waals surface area (Å²) >= 11 is 5.89. The second-order valence-electron chi connectivity index (χ2n) is 4.44. The zero-order valence-corrected chi connectivity index (χ0v) is 11.4. The summed E-state index contributed by atoms with van der Waals surface area (Å²) < 4.78 is 0. The van der Waals surface area contributed by atoms with E-state index in [-0.39, 0.29) is 18.6 Å². The highest BCUT2D eigenvalue weighted by Gasteiger charge is 2.18. The van der Waals surface area contributed by atoms with E-state index >= 15 is 0 Å². The number of aliphatic hydroxyl groups is 1. The predicted molar refractivity (Wildman–Crippen MR) is 73.7 cm³/mol. The van der Waals surface area contributed by atoms with E-state index in [0.29, 0.717) is 29.2 Å². The standard InChI is InChI=1S/C13H19ClN2O2/c1-9(2)16(4-3-5-17)13(18)10-6-11(14)8-12(15)7-10/h6-9,17H,3-5,15H2,1-2H3. The van der Waals surface area contributed by atoms with Crippen LogP contribution in [0.2, 0.25) is 5.02 Å². The Bertz CT molecular complexity index is 401. The zero-order chi connectivity index (χ0) is 13.7. The van der Waals surface area contributed by atoms with Gasteiger partial charge in [0.25, 0.3) is 5.91 Å². The van der Waals surface area contributed by atoms with Gasteiger partial charge in [0.15, 0.2) is 0 Å². The lowest BCUT2D eigenvalue weighted by molar-refractivity contribution is 0.0693. The van der Waals surface area contributed by atoms with Crippen molar-refractivity contribution in [2.75, 3.05) is 18.9 Å². The number of nitrogen functional groups attached to an aromatic ring is 1. The molecule has 0 spiro atoms. The number of aliphatic hydroxyl groups excluding tert-OH is 1. The maximum atomic E-state index is 12.3. The molecule has 4 nitrogen and oxygen atoms in total. The lowest BCUT2D eigenvalue weighted by atomic mass is 10.1. The number of hydrogen-bond acceptors (Lipinski definition) is 3. The average molecular weight is 271 g/mol. The lowest BCUT2D eigenvalue weighted by Crippen LogP contribution is -2.38. The number of nitrogens with two attached hydrogens (primary N) is 1. The molecular weight excluding hydrogens is 252 g/mol. The molecule has 0 bridgehead atoms. The summed E-state index contributed by atoms with van der Waals surface area (Å²) in [6, 6.07) is 4.88. The van der Waals surface area contributed by atoms with E-state index in [1.165, 1.54) is 0 Å². The Morgan fingerprint density at radius 3 is 2.61 bits per heavy atom. The van der Waals surface area contributed by atoms with Crippen molar-refractivity contribution in [1.82, 2.24) is 4.90 Å². The van der Waals surface area contributed by atoms with Crippen LogP contribution in [0.25, 0.3) is 0 Å². The van der Waals surface area contributed by atoms with Gasteiger partial charge < -0.3 is 15.7 Å². The van der Waals surface area contributed by atoms with Crippen LogP contribution < -0.4 is 5.73 Å². The number of benzene rings is 1. The largest absolute Gasteiger partial charge is 0.399 e. The van der Waals surface area contributed by atoms with Crippen LogP contribution in [0.5, 0.6) is 0 Å². The summed E-state index contributed by atoms with van der Waals surface area (Å²) in [5.74, 6) is -0.118. The van der Waals surface area contributed by atoms with Gasteiger partial charge in [-0.15, -0.1) is 0 Å². The molecule has 100 valence electrons. The molecule has 0 unspecified atom stereocenters. The van der Waals surface area contributed by atoms with Crippen molar-refractivity contribution in [3.8, 4) is 0 Å². The molecule has 5 heteroatoms. The number of hydrogen-bond donors (Lipinski definition) is 2. The van der Waals surface area contributed by atoms with Gasteiger partial charge in [-0.25, -0.2) is 0 Å². The van der Waals surface area contributed by atoms with Gasteiger partial charge in [-0.1, -0.05) is 11.6 Å². The van der Waals surface area contributed by atoms with E-state index in [0.717, 1.165) is 0 Å². The Morgan fingerprint density at radius 1 is 1.44 bits per heavy atom. The molecule has 0 saturated heterocycles. The molecule has 0 saturated carbocycles. The summed E-state index contributed by atoms with van der Waals surface area (Å²) in [7, 11) is 0. The number of nitrogens with zero attached hydrogens (tertiary/aromatic N) is 1. The minimum Gasteiger partial charge on any atom is -0.399 e. The number of carbonyl (C=O) groups excluding carboxylic acids is 1. The van der Waals surface area contributed by atoms with Gasteiger partial charge in [0, 0.05) is 35.5 Å². The molecule has 0 heterocycles. The molecule has 3 N–H and O–H groups in total. The third kappa shape index (κ3) is 3.89. The predicted octanol–water partition coefficient (Wildman–Crippen LogP) is 2.16. The van der Waals surface area contributed by atoms with Crippen LogP contribution in [-0.4, -0.2) is 35.1 Å². The van der Waals surface area contributed by atoms with Gasteiger partial charge in [-0.2, -0.15) is 0 Å². The van der Waals surface area contributed by atoms with E-state index in [1.807, 2.05) is 13.8 Å². The van der Waals surface area contributed by atoms with Crippen molar-refractivity contribution in [1.29, 1.82) is 0 Å². The van der Waals surface area contributed by atoms with Gasteiger partial charge >= 0.3 is 0 Å². The van der Waals surface area contributed by atoms with E-state index < -0.39 is 0 Å². The van der Waals surface area contributed by atoms with E-state index in [9.17, 15) is 4.79 Å². The van der Waals surface area contributed by atoms with Crippen molar-refractivity contribution >= 4 is 23.2 Å². The Labute approximate surface area is 112 Å². The van der Waals surface area contributed by atoms with Gasteiger partial charge in [0.2, 0.25) is 0 Å². The van der Waals surface area contributed by atoms with Crippen molar-refractivity contribution in [2.24, 2.45) is 0 Å². The molecule has 1 amide bonds. The van der Waals surface area contributed by atoms with Gasteiger partial charge in [0.05, 0.1) is 0 Å². The second kappa shape index (κ2) is 6.61. The average Bonchev–Trinajstić information content (AvgIpc) is 2.27. The van der Waals surface area contributed by atoms with Crippen LogP contribution in [0.1, 0.15) is 30.6 Å². The lowest BCUT2D eigenvalue weighted by Gasteiger charge is -2.26. The third-order valence-corrected chi connectivity index (χ3v) is 2.83. The van der Waals surface area contributed by atoms with Crippen LogP contribution in [0, 0.1) is 0 Å². The van der Waals surface area contributed by atoms with E-state index in [1.54, 1.807) is 23.1 Å². The Balaban J connectivity index is 2.94. The Hall–Kier alpha value is -1.26. The molecule has 0 fully saturated rings. The zero-order valence-electron chi connectivity index (χ0n) is 10.7. The van der Waals surface area contributed by atoms with Crippen LogP contribution in [0.15, 0.2) is 18.2 Å². The molecule has 0 radical (unpaired) electrons. The minimum atomic E-state index is -0.118. The number of rotatable bonds is 5. The summed E-state index contributed by atoms with van der Waals surface area (Å²) in [6.07, 6.45) is 0.556. The van der Waals surface area contributed by atoms with Crippen LogP contribution in [0.3, 0.4) is 0 Å². The first kappa shape index (κ1) is 14.8. The van der Waals surface area contributed by atoms with Crippen molar-refractivity contribution in [3.63, 3.8) is 0 Å². The molecule has 1 aromatic carbocycles. The maximum Gasteiger partial charge on any atom is 0.254 e. The quantitative estimate of drug-likeness (QED) is 0.806. The maximum absolute atomic E-state index is 12.3. The van der Waals surface area contributed by atoms with Gasteiger partial charge in [0.1, 0.15) is 0 Å². The highest BCUT2D eigenvalue weighted by atomic mass is 35.5. The second-order valence-corrected chi connectivity index (χ2v) is 4.88. The highest BCUT2D eigenvalue weighted by Crippen LogP contribution is 2.19. The molecular formula is C13H19ClN2O2. The first-order chi connectivity index (χ1) is 8.45. The summed E-state index contributed by atoms with van der Waals surface area (Å²) in [5.41, 5.74) is 6.63.